The molecule has 4 aromatic carbocycles. The highest BCUT2D eigenvalue weighted by Crippen LogP contribution is 2.47. The second-order valence-corrected chi connectivity index (χ2v) is 17.0. The van der Waals surface area contributed by atoms with Crippen molar-refractivity contribution in [2.75, 3.05) is 20.6 Å². The number of likely N-dealkylation sites (N-methyl/N-ethyl adjacent to an activating group) is 2. The van der Waals surface area contributed by atoms with E-state index in [1.54, 1.807) is 0 Å². The van der Waals surface area contributed by atoms with Gasteiger partial charge in [-0.1, -0.05) is 122 Å². The molecular weight excluding hydrogens is 825 g/mol. The Morgan fingerprint density at radius 3 is 1.48 bits per heavy atom. The third kappa shape index (κ3) is 10.2. The van der Waals surface area contributed by atoms with Crippen LogP contribution in [0.25, 0.3) is 0 Å². The molecule has 4 aromatic rings. The molecule has 14 heteroatoms. The molecule has 322 valence electrons. The molecule has 3 fully saturated rings. The number of rotatable bonds is 12. The van der Waals surface area contributed by atoms with E-state index in [9.17, 15) is 35.9 Å². The third-order valence-corrected chi connectivity index (χ3v) is 13.3. The fraction of sp³-hybridized carbons (Fsp3) is 0.435. The van der Waals surface area contributed by atoms with E-state index in [2.05, 4.69) is 27.9 Å². The molecule has 3 aliphatic carbocycles. The summed E-state index contributed by atoms with van der Waals surface area (Å²) in [6, 6.07) is 25.3. The highest BCUT2D eigenvalue weighted by molar-refractivity contribution is 6.35. The Hall–Kier alpha value is -4.10. The van der Waals surface area contributed by atoms with E-state index in [0.717, 1.165) is 81.2 Å². The standard InChI is InChI=1S/C25H28ClF3N2O.C21H22ClF3N2O/c1-31(16-17-12-13-17)24(14-5-6-15-24)22(18-8-3-2-4-9-18)30-23(32)19-10-7-11-20(21(19)26)25(27,28)29;1-26-20(12-5-6-13-20)18(14-8-3-2-4-9-14)27-19(28)15-10-7-11-16(17(15)22)21(23,24)25/h2-4,7-11,17,22H,5-6,12-16H2,1H3,(H,30,32);2-4,7-11,18,26H,5-6,12-13H2,1H3,(H,27,28). The van der Waals surface area contributed by atoms with E-state index in [-0.39, 0.29) is 34.3 Å². The van der Waals surface area contributed by atoms with E-state index in [4.69, 9.17) is 23.2 Å². The summed E-state index contributed by atoms with van der Waals surface area (Å²) in [7, 11) is 3.97. The van der Waals surface area contributed by atoms with Gasteiger partial charge in [0.1, 0.15) is 0 Å². The number of carbonyl (C=O) groups excluding carboxylic acids is 2. The zero-order chi connectivity index (χ0) is 43.3. The number of benzene rings is 4. The Morgan fingerprint density at radius 2 is 1.07 bits per heavy atom. The third-order valence-electron chi connectivity index (χ3n) is 12.5. The van der Waals surface area contributed by atoms with Gasteiger partial charge < -0.3 is 16.0 Å². The van der Waals surface area contributed by atoms with Crippen molar-refractivity contribution in [3.05, 3.63) is 140 Å². The van der Waals surface area contributed by atoms with Crippen LogP contribution in [0.4, 0.5) is 26.3 Å². The lowest BCUT2D eigenvalue weighted by Gasteiger charge is -2.45. The molecule has 0 saturated heterocycles. The van der Waals surface area contributed by atoms with Crippen LogP contribution in [0, 0.1) is 5.92 Å². The maximum atomic E-state index is 13.3. The van der Waals surface area contributed by atoms with Crippen LogP contribution in [-0.4, -0.2) is 48.4 Å². The van der Waals surface area contributed by atoms with Gasteiger partial charge in [-0.2, -0.15) is 26.3 Å². The average molecular weight is 876 g/mol. The van der Waals surface area contributed by atoms with Gasteiger partial charge in [-0.3, -0.25) is 14.5 Å². The normalized spacial score (nSPS) is 18.3. The summed E-state index contributed by atoms with van der Waals surface area (Å²) < 4.78 is 79.5. The van der Waals surface area contributed by atoms with Gasteiger partial charge >= 0.3 is 12.4 Å². The summed E-state index contributed by atoms with van der Waals surface area (Å²) in [5.74, 6) is -0.518. The molecule has 2 unspecified atom stereocenters. The first-order valence-corrected chi connectivity index (χ1v) is 21.1. The molecular formula is C46H50Cl2F6N4O2. The second kappa shape index (κ2) is 18.9. The first-order chi connectivity index (χ1) is 28.5. The van der Waals surface area contributed by atoms with E-state index < -0.39 is 45.3 Å². The summed E-state index contributed by atoms with van der Waals surface area (Å²) in [6.07, 6.45) is 0.919. The highest BCUT2D eigenvalue weighted by atomic mass is 35.5. The van der Waals surface area contributed by atoms with Crippen LogP contribution in [0.5, 0.6) is 0 Å². The minimum Gasteiger partial charge on any atom is -0.343 e. The van der Waals surface area contributed by atoms with Gasteiger partial charge in [0.25, 0.3) is 11.8 Å². The minimum atomic E-state index is -4.62. The maximum absolute atomic E-state index is 13.3. The average Bonchev–Trinajstić information content (AvgIpc) is 3.66. The summed E-state index contributed by atoms with van der Waals surface area (Å²) in [5.41, 5.74) is -1.13. The largest absolute Gasteiger partial charge is 0.417 e. The number of halogens is 8. The van der Waals surface area contributed by atoms with Crippen LogP contribution in [0.2, 0.25) is 10.0 Å². The predicted molar refractivity (Wildman–Crippen MR) is 223 cm³/mol. The van der Waals surface area contributed by atoms with Crippen LogP contribution >= 0.6 is 23.2 Å². The molecule has 0 aliphatic heterocycles. The SMILES string of the molecule is CN(CC1CC1)C1(C(NC(=O)c2cccc(C(F)(F)F)c2Cl)c2ccccc2)CCCC1.CNC1(C(NC(=O)c2cccc(C(F)(F)F)c2Cl)c2ccccc2)CCCC1. The lowest BCUT2D eigenvalue weighted by molar-refractivity contribution is -0.138. The molecule has 0 spiro atoms. The highest BCUT2D eigenvalue weighted by Gasteiger charge is 2.48. The van der Waals surface area contributed by atoms with Crippen LogP contribution < -0.4 is 16.0 Å². The Kier molecular flexibility index (Phi) is 14.3. The van der Waals surface area contributed by atoms with Crippen molar-refractivity contribution in [1.82, 2.24) is 20.9 Å². The van der Waals surface area contributed by atoms with Crippen molar-refractivity contribution < 1.29 is 35.9 Å². The Morgan fingerprint density at radius 1 is 0.650 bits per heavy atom. The maximum Gasteiger partial charge on any atom is 0.417 e. The molecule has 0 bridgehead atoms. The van der Waals surface area contributed by atoms with Crippen molar-refractivity contribution in [1.29, 1.82) is 0 Å². The van der Waals surface area contributed by atoms with Crippen molar-refractivity contribution in [2.45, 2.75) is 99.7 Å². The number of nitrogens with one attached hydrogen (secondary N) is 3. The van der Waals surface area contributed by atoms with Crippen LogP contribution in [0.1, 0.15) is 119 Å². The number of carbonyl (C=O) groups is 2. The Labute approximate surface area is 357 Å². The van der Waals surface area contributed by atoms with E-state index in [0.29, 0.717) is 5.92 Å². The molecule has 2 atom stereocenters. The number of alkyl halides is 6. The molecule has 7 rings (SSSR count). The van der Waals surface area contributed by atoms with Crippen LogP contribution in [0.15, 0.2) is 97.1 Å². The van der Waals surface area contributed by atoms with Gasteiger partial charge in [0.05, 0.1) is 44.4 Å². The van der Waals surface area contributed by atoms with Gasteiger partial charge in [0.15, 0.2) is 0 Å². The van der Waals surface area contributed by atoms with Gasteiger partial charge in [-0.15, -0.1) is 0 Å². The lowest BCUT2D eigenvalue weighted by atomic mass is 9.81. The molecule has 0 radical (unpaired) electrons. The summed E-state index contributed by atoms with van der Waals surface area (Å²) >= 11 is 12.0. The lowest BCUT2D eigenvalue weighted by Crippen LogP contribution is -2.55. The molecule has 0 aromatic heterocycles. The zero-order valence-electron chi connectivity index (χ0n) is 33.5. The molecule has 3 N–H and O–H groups in total. The fourth-order valence-corrected chi connectivity index (χ4v) is 9.70. The first kappa shape index (κ1) is 45.4. The molecule has 60 heavy (non-hydrogen) atoms. The molecule has 2 amide bonds. The summed E-state index contributed by atoms with van der Waals surface area (Å²) in [4.78, 5) is 28.6. The predicted octanol–water partition coefficient (Wildman–Crippen LogP) is 11.8. The first-order valence-electron chi connectivity index (χ1n) is 20.3. The van der Waals surface area contributed by atoms with Gasteiger partial charge in [-0.05, 0) is 93.9 Å². The molecule has 3 saturated carbocycles. The summed E-state index contributed by atoms with van der Waals surface area (Å²) in [5, 5.41) is 8.26. The van der Waals surface area contributed by atoms with Gasteiger partial charge in [-0.25, -0.2) is 0 Å². The van der Waals surface area contributed by atoms with Crippen molar-refractivity contribution in [3.63, 3.8) is 0 Å². The second-order valence-electron chi connectivity index (χ2n) is 16.2. The Balaban J connectivity index is 0.000000203. The number of amides is 2. The van der Waals surface area contributed by atoms with Gasteiger partial charge in [0.2, 0.25) is 0 Å². The number of hydrogen-bond acceptors (Lipinski definition) is 4. The number of hydrogen-bond donors (Lipinski definition) is 3. The Bertz CT molecular complexity index is 2080. The van der Waals surface area contributed by atoms with Crippen molar-refractivity contribution in [2.24, 2.45) is 5.92 Å². The summed E-state index contributed by atoms with van der Waals surface area (Å²) in [6.45, 7) is 0.962. The van der Waals surface area contributed by atoms with Crippen LogP contribution in [0.3, 0.4) is 0 Å². The quantitative estimate of drug-likeness (QED) is 0.124. The minimum absolute atomic E-state index is 0.152. The number of nitrogens with zero attached hydrogens (tertiary/aromatic N) is 1. The van der Waals surface area contributed by atoms with Crippen molar-refractivity contribution >= 4 is 35.0 Å². The topological polar surface area (TPSA) is 73.5 Å². The molecule has 0 heterocycles. The molecule has 3 aliphatic rings. The van der Waals surface area contributed by atoms with E-state index in [1.165, 1.54) is 37.1 Å². The smallest absolute Gasteiger partial charge is 0.343 e. The van der Waals surface area contributed by atoms with E-state index >= 15 is 0 Å². The fourth-order valence-electron chi connectivity index (χ4n) is 9.07. The van der Waals surface area contributed by atoms with Gasteiger partial charge in [0, 0.05) is 17.6 Å². The van der Waals surface area contributed by atoms with Crippen LogP contribution in [-0.2, 0) is 12.4 Å². The monoisotopic (exact) mass is 874 g/mol. The molecule has 6 nitrogen and oxygen atoms in total. The van der Waals surface area contributed by atoms with E-state index in [1.807, 2.05) is 67.7 Å². The zero-order valence-corrected chi connectivity index (χ0v) is 35.0. The van der Waals surface area contributed by atoms with Crippen molar-refractivity contribution in [3.8, 4) is 0 Å².